The van der Waals surface area contributed by atoms with E-state index in [0.29, 0.717) is 181 Å². The fourth-order valence-electron chi connectivity index (χ4n) is 20.0. The number of piperidine rings is 3. The lowest BCUT2D eigenvalue weighted by atomic mass is 9.87. The van der Waals surface area contributed by atoms with Gasteiger partial charge in [0.2, 0.25) is 35.4 Å². The van der Waals surface area contributed by atoms with Crippen LogP contribution in [-0.4, -0.2) is 249 Å². The van der Waals surface area contributed by atoms with E-state index >= 15 is 0 Å². The number of fused-ring (bicyclic) bond motifs is 6. The first-order chi connectivity index (χ1) is 69.7. The van der Waals surface area contributed by atoms with E-state index in [2.05, 4.69) is 31.9 Å². The van der Waals surface area contributed by atoms with Crippen LogP contribution in [-0.2, 0) is 86.1 Å². The largest absolute Gasteiger partial charge is 0.466 e. The Balaban J connectivity index is 0.000000223. The third-order valence-corrected chi connectivity index (χ3v) is 29.0. The van der Waals surface area contributed by atoms with Gasteiger partial charge in [-0.3, -0.25) is 86.3 Å². The van der Waals surface area contributed by atoms with Crippen molar-refractivity contribution < 1.29 is 115 Å². The Morgan fingerprint density at radius 2 is 0.641 bits per heavy atom. The quantitative estimate of drug-likeness (QED) is 0.00686. The molecule has 9 amide bonds. The van der Waals surface area contributed by atoms with Crippen molar-refractivity contribution >= 4 is 138 Å². The molecule has 6 aliphatic rings. The molecule has 15 atom stereocenters. The van der Waals surface area contributed by atoms with Gasteiger partial charge in [0.25, 0.3) is 17.7 Å². The monoisotopic (exact) mass is 2010 g/mol. The Hall–Kier alpha value is -12.7. The fourth-order valence-corrected chi connectivity index (χ4v) is 20.0. The molecule has 0 bridgehead atoms. The van der Waals surface area contributed by atoms with Crippen molar-refractivity contribution in [1.29, 1.82) is 0 Å². The van der Waals surface area contributed by atoms with Crippen LogP contribution in [0.5, 0.6) is 0 Å². The third kappa shape index (κ3) is 30.1. The minimum Gasteiger partial charge on any atom is -0.466 e. The minimum atomic E-state index is -1.66. The summed E-state index contributed by atoms with van der Waals surface area (Å²) in [5.41, 5.74) is 2.33. The van der Waals surface area contributed by atoms with E-state index in [-0.39, 0.29) is 132 Å². The van der Waals surface area contributed by atoms with Crippen molar-refractivity contribution in [2.24, 2.45) is 35.5 Å². The molecule has 12 rings (SSSR count). The molecule has 3 unspecified atom stereocenters. The molecule has 6 aliphatic heterocycles. The molecule has 36 heteroatoms. The van der Waals surface area contributed by atoms with Gasteiger partial charge in [-0.05, 0) is 159 Å². The zero-order valence-corrected chi connectivity index (χ0v) is 86.7. The van der Waals surface area contributed by atoms with Gasteiger partial charge in [0, 0.05) is 109 Å². The van der Waals surface area contributed by atoms with E-state index in [1.54, 1.807) is 101 Å². The number of esters is 3. The van der Waals surface area contributed by atoms with Crippen LogP contribution >= 0.6 is 0 Å². The maximum absolute atomic E-state index is 14.2. The molecule has 0 aliphatic carbocycles. The maximum atomic E-state index is 14.2. The van der Waals surface area contributed by atoms with Crippen molar-refractivity contribution in [2.75, 3.05) is 54.2 Å². The average Bonchev–Trinajstić information content (AvgIpc) is 1.65. The highest BCUT2D eigenvalue weighted by atomic mass is 16.7. The molecule has 6 saturated heterocycles. The Kier molecular flexibility index (Phi) is 44.3. The summed E-state index contributed by atoms with van der Waals surface area (Å²) in [6.07, 6.45) is 20.9. The summed E-state index contributed by atoms with van der Waals surface area (Å²) in [6, 6.07) is 11.2. The van der Waals surface area contributed by atoms with Gasteiger partial charge in [0.05, 0.1) is 72.6 Å². The molecule has 0 saturated carbocycles. The van der Waals surface area contributed by atoms with E-state index in [4.69, 9.17) is 28.7 Å². The van der Waals surface area contributed by atoms with Crippen LogP contribution in [0.25, 0.3) is 32.7 Å². The number of rotatable bonds is 39. The Morgan fingerprint density at radius 1 is 0.345 bits per heavy atom. The van der Waals surface area contributed by atoms with Gasteiger partial charge >= 0.3 is 17.9 Å². The number of unbranched alkanes of at least 4 members (excludes halogenated alkanes) is 7. The summed E-state index contributed by atoms with van der Waals surface area (Å²) in [4.78, 5) is 268. The number of hydrogen-bond donors (Lipinski definition) is 6. The molecule has 145 heavy (non-hydrogen) atoms. The van der Waals surface area contributed by atoms with Crippen LogP contribution in [0, 0.1) is 35.5 Å². The van der Waals surface area contributed by atoms with Gasteiger partial charge in [-0.1, -0.05) is 174 Å². The molecule has 3 aromatic carbocycles. The van der Waals surface area contributed by atoms with Crippen LogP contribution in [0.1, 0.15) is 312 Å². The molecule has 36 nitrogen and oxygen atoms in total. The molecule has 6 aromatic rings. The highest BCUT2D eigenvalue weighted by Gasteiger charge is 2.48. The number of amides is 9. The highest BCUT2D eigenvalue weighted by molar-refractivity contribution is 6.23. The van der Waals surface area contributed by atoms with Crippen molar-refractivity contribution in [3.8, 4) is 0 Å². The second-order valence-corrected chi connectivity index (χ2v) is 39.6. The van der Waals surface area contributed by atoms with Crippen LogP contribution in [0.3, 0.4) is 0 Å². The van der Waals surface area contributed by atoms with E-state index in [1.165, 1.54) is 54.1 Å². The average molecular weight is 2010 g/mol. The highest BCUT2D eigenvalue weighted by Crippen LogP contribution is 2.34. The number of hydrogen-bond acceptors (Lipinski definition) is 24. The minimum absolute atomic E-state index is 0.126. The number of nitrogens with one attached hydrogen (secondary N) is 6. The molecule has 9 heterocycles. The number of Topliss-reactive ketones (excluding diaryl/α,β-unsaturated/α-hetero) is 6. The van der Waals surface area contributed by atoms with Gasteiger partial charge < -0.3 is 75.3 Å². The van der Waals surface area contributed by atoms with Crippen LogP contribution < -0.4 is 46.4 Å². The second-order valence-electron chi connectivity index (χ2n) is 39.6. The predicted octanol–water partition coefficient (Wildman–Crippen LogP) is 11.7. The van der Waals surface area contributed by atoms with E-state index in [0.717, 1.165) is 57.8 Å². The number of ketones is 6. The fraction of sp³-hybridized carbons (Fsp3) is 0.615. The summed E-state index contributed by atoms with van der Waals surface area (Å²) in [5.74, 6) is -12.0. The van der Waals surface area contributed by atoms with Gasteiger partial charge in [0.15, 0.2) is 52.8 Å². The first-order valence-electron chi connectivity index (χ1n) is 52.6. The summed E-state index contributed by atoms with van der Waals surface area (Å²) in [5, 5.41) is 18.1. The topological polar surface area (TPSA) is 459 Å². The van der Waals surface area contributed by atoms with Gasteiger partial charge in [-0.25, -0.2) is 0 Å². The van der Waals surface area contributed by atoms with Crippen molar-refractivity contribution in [3.63, 3.8) is 0 Å². The van der Waals surface area contributed by atoms with Gasteiger partial charge in [-0.2, -0.15) is 14.2 Å². The molecule has 3 aromatic heterocycles. The summed E-state index contributed by atoms with van der Waals surface area (Å²) in [7, 11) is 4.37. The summed E-state index contributed by atoms with van der Waals surface area (Å²) >= 11 is 0. The molecule has 6 fully saturated rings. The lowest BCUT2D eigenvalue weighted by Crippen LogP contribution is -2.62. The molecule has 792 valence electrons. The Labute approximate surface area is 849 Å². The van der Waals surface area contributed by atoms with Crippen molar-refractivity contribution in [1.82, 2.24) is 60.8 Å². The summed E-state index contributed by atoms with van der Waals surface area (Å²) < 4.78 is 19.8. The Morgan fingerprint density at radius 3 is 0.924 bits per heavy atom. The van der Waals surface area contributed by atoms with Crippen molar-refractivity contribution in [3.05, 3.63) is 108 Å². The predicted molar refractivity (Wildman–Crippen MR) is 541 cm³/mol. The molecule has 6 N–H and O–H groups in total. The van der Waals surface area contributed by atoms with E-state index in [1.807, 2.05) is 55.4 Å². The van der Waals surface area contributed by atoms with Crippen LogP contribution in [0.15, 0.2) is 91.4 Å². The maximum Gasteiger partial charge on any atom is 0.306 e. The van der Waals surface area contributed by atoms with Crippen molar-refractivity contribution in [2.45, 2.75) is 342 Å². The lowest BCUT2D eigenvalue weighted by Gasteiger charge is -2.39. The number of ether oxygens (including phenoxy) is 3. The zero-order chi connectivity index (χ0) is 105. The first-order valence-corrected chi connectivity index (χ1v) is 52.6. The third-order valence-electron chi connectivity index (χ3n) is 29.0. The molecule has 0 radical (unpaired) electrons. The number of aromatic nitrogens is 3. The molecular formula is C109H152N12O24. The van der Waals surface area contributed by atoms with Crippen LogP contribution in [0.4, 0.5) is 0 Å². The van der Waals surface area contributed by atoms with E-state index in [9.17, 15) is 86.3 Å². The van der Waals surface area contributed by atoms with Crippen LogP contribution in [0.2, 0.25) is 0 Å². The standard InChI is InChI=1S/C37H52N4O8.2C36H50N4O8/c1-5-7-21-49-31(43)19-10-8-9-15-25-22-30(42)29-18-13-14-20-40(29)37(47)32(24(3)6-2)38-36(46)33(39-35(25)45)34(44)27-23-41(48-4)28-17-12-11-16-26(27)28;1-6-23(4)31-36(46)39-19-13-12-17-28(39)29(41)20-24(14-8-7-9-18-30(42)48-22(2)3)34(44)38-32(35(45)37-31)33(43)26-21-40(47-5)27-16-11-10-15-25(26)27;1-5-20-48-30(42)18-9-7-8-14-24-21-29(41)28-17-12-13-19-39(28)36(46)31(23(3)6-2)37-35(45)32(38-34(24)44)33(43)26-22-40(47-4)27-16-11-10-15-25(26)27/h11-12,16-17,23-25,29,32-33H,5-10,13-15,18-22H2,1-4H3,(H,38,46)(H,39,45);10-11,15-16,21-24,28,31-32H,6-9,12-14,17-20H2,1-5H3,(H,37,45)(H,38,44);10-11,15-16,22-24,28,31-32H,5-9,12-14,17-21H2,1-4H3,(H,37,45)(H,38,44)/t24?,25-,29-,32+,33+;2*23?,24-,28-,31+,32+/m111/s1. The van der Waals surface area contributed by atoms with Gasteiger partial charge in [0.1, 0.15) is 39.5 Å². The summed E-state index contributed by atoms with van der Waals surface area (Å²) in [6.45, 7) is 20.7. The number of nitrogens with zero attached hydrogens (tertiary/aromatic N) is 6. The van der Waals surface area contributed by atoms with Gasteiger partial charge in [-0.15, -0.1) is 0 Å². The van der Waals surface area contributed by atoms with E-state index < -0.39 is 125 Å². The first kappa shape index (κ1) is 114. The number of para-hydroxylation sites is 3. The number of carbonyl (C=O) groups is 18. The number of benzene rings is 3. The number of carbonyl (C=O) groups excluding carboxylic acids is 18. The zero-order valence-electron chi connectivity index (χ0n) is 86.7. The smallest absolute Gasteiger partial charge is 0.306 e. The SMILES string of the molecule is CCC(C)[C@@H]1NC(=O)[C@H](C(=O)c2cn(OC)c3ccccc23)NC(=O)[C@H](CCCCCC(=O)OC(C)C)CC(=O)[C@H]2CCCCN2C1=O.CCCCOC(=O)CCCCC[C@@H]1CC(=O)[C@H]2CCCCN2C(=O)[C@H](C(C)CC)NC(=O)[C@H](C(=O)c2cn(OC)c3ccccc23)NC1=O.CCCOC(=O)CCCCC[C@@H]1CC(=O)[C@H]2CCCCN2C(=O)[C@H](C(C)CC)NC(=O)[C@H](C(=O)c2cn(OC)c3ccccc23)NC1=O. The Bertz CT molecular complexity index is 5540. The molecule has 0 spiro atoms. The normalized spacial score (nSPS) is 22.9. The molecular weight excluding hydrogens is 1860 g/mol. The lowest BCUT2D eigenvalue weighted by molar-refractivity contribution is -0.148. The second kappa shape index (κ2) is 56.2.